The summed E-state index contributed by atoms with van der Waals surface area (Å²) in [5.41, 5.74) is 0.456. The Bertz CT molecular complexity index is 576. The second-order valence-corrected chi connectivity index (χ2v) is 6.48. The fraction of sp³-hybridized carbons (Fsp3) is 0.588. The van der Waals surface area contributed by atoms with E-state index in [9.17, 15) is 9.59 Å². The Morgan fingerprint density at radius 1 is 1.08 bits per heavy atom. The molecule has 2 amide bonds. The Hall–Kier alpha value is -2.31. The summed E-state index contributed by atoms with van der Waals surface area (Å²) in [4.78, 5) is 31.6. The zero-order valence-electron chi connectivity index (χ0n) is 13.8. The zero-order valence-corrected chi connectivity index (χ0v) is 13.8. The Morgan fingerprint density at radius 2 is 1.79 bits per heavy atom. The van der Waals surface area contributed by atoms with E-state index in [0.29, 0.717) is 11.6 Å². The van der Waals surface area contributed by atoms with Crippen LogP contribution in [0.3, 0.4) is 0 Å². The number of carboxylic acid groups (broad SMARTS) is 1. The smallest absolute Gasteiger partial charge is 0.409 e. The molecule has 0 atom stereocenters. The van der Waals surface area contributed by atoms with Gasteiger partial charge in [-0.1, -0.05) is 19.3 Å². The average Bonchev–Trinajstić information content (AvgIpc) is 2.62. The van der Waals surface area contributed by atoms with E-state index >= 15 is 0 Å². The van der Waals surface area contributed by atoms with E-state index in [1.807, 2.05) is 11.0 Å². The van der Waals surface area contributed by atoms with Gasteiger partial charge in [0.2, 0.25) is 5.91 Å². The first-order chi connectivity index (χ1) is 11.6. The third-order valence-corrected chi connectivity index (χ3v) is 4.87. The van der Waals surface area contributed by atoms with E-state index in [1.165, 1.54) is 25.5 Å². The number of nitrogens with one attached hydrogen (secondary N) is 1. The van der Waals surface area contributed by atoms with Crippen molar-refractivity contribution in [2.24, 2.45) is 5.92 Å². The summed E-state index contributed by atoms with van der Waals surface area (Å²) in [6.07, 6.45) is 6.11. The Labute approximate surface area is 141 Å². The summed E-state index contributed by atoms with van der Waals surface area (Å²) in [6.45, 7) is 2.98. The molecule has 130 valence electrons. The van der Waals surface area contributed by atoms with Crippen molar-refractivity contribution < 1.29 is 14.7 Å². The molecule has 0 radical (unpaired) electrons. The lowest BCUT2D eigenvalue weighted by atomic mass is 9.88. The molecule has 1 aliphatic heterocycles. The first-order valence-corrected chi connectivity index (χ1v) is 8.63. The SMILES string of the molecule is O=C(O)Nc1ccc(N2CCN(C(=O)C3CCCCC3)CC2)nc1. The van der Waals surface area contributed by atoms with Gasteiger partial charge < -0.3 is 14.9 Å². The maximum atomic E-state index is 12.6. The molecule has 2 aliphatic rings. The van der Waals surface area contributed by atoms with Crippen molar-refractivity contribution in [1.29, 1.82) is 0 Å². The van der Waals surface area contributed by atoms with Crippen LogP contribution >= 0.6 is 0 Å². The Morgan fingerprint density at radius 3 is 2.38 bits per heavy atom. The molecule has 1 aromatic heterocycles. The normalized spacial score (nSPS) is 19.2. The molecule has 7 heteroatoms. The summed E-state index contributed by atoms with van der Waals surface area (Å²) >= 11 is 0. The number of rotatable bonds is 3. The third kappa shape index (κ3) is 3.96. The van der Waals surface area contributed by atoms with Gasteiger partial charge in [0, 0.05) is 32.1 Å². The minimum atomic E-state index is -1.10. The molecular weight excluding hydrogens is 308 g/mol. The van der Waals surface area contributed by atoms with E-state index in [0.717, 1.165) is 44.8 Å². The molecule has 0 spiro atoms. The predicted molar refractivity (Wildman–Crippen MR) is 91.3 cm³/mol. The third-order valence-electron chi connectivity index (χ3n) is 4.87. The first-order valence-electron chi connectivity index (χ1n) is 8.63. The van der Waals surface area contributed by atoms with Gasteiger partial charge in [0.15, 0.2) is 0 Å². The Kier molecular flexibility index (Phi) is 5.17. The molecule has 1 saturated heterocycles. The summed E-state index contributed by atoms with van der Waals surface area (Å²) in [5, 5.41) is 11.0. The molecular formula is C17H24N4O3. The molecule has 2 fully saturated rings. The molecule has 1 saturated carbocycles. The van der Waals surface area contributed by atoms with Gasteiger partial charge in [0.25, 0.3) is 0 Å². The number of hydrogen-bond donors (Lipinski definition) is 2. The van der Waals surface area contributed by atoms with Crippen molar-refractivity contribution in [2.75, 3.05) is 36.4 Å². The minimum absolute atomic E-state index is 0.227. The van der Waals surface area contributed by atoms with Crippen LogP contribution in [-0.2, 0) is 4.79 Å². The van der Waals surface area contributed by atoms with E-state index in [4.69, 9.17) is 5.11 Å². The lowest BCUT2D eigenvalue weighted by Crippen LogP contribution is -2.50. The lowest BCUT2D eigenvalue weighted by Gasteiger charge is -2.37. The predicted octanol–water partition coefficient (Wildman–Crippen LogP) is 2.40. The molecule has 1 aliphatic carbocycles. The van der Waals surface area contributed by atoms with Gasteiger partial charge in [-0.15, -0.1) is 0 Å². The Balaban J connectivity index is 1.52. The number of amides is 2. The molecule has 7 nitrogen and oxygen atoms in total. The molecule has 2 heterocycles. The second kappa shape index (κ2) is 7.51. The van der Waals surface area contributed by atoms with Crippen LogP contribution < -0.4 is 10.2 Å². The van der Waals surface area contributed by atoms with Crippen molar-refractivity contribution >= 4 is 23.5 Å². The maximum absolute atomic E-state index is 12.6. The molecule has 3 rings (SSSR count). The number of aromatic nitrogens is 1. The molecule has 0 aromatic carbocycles. The fourth-order valence-electron chi connectivity index (χ4n) is 3.53. The highest BCUT2D eigenvalue weighted by atomic mass is 16.4. The van der Waals surface area contributed by atoms with Crippen LogP contribution in [0.15, 0.2) is 18.3 Å². The van der Waals surface area contributed by atoms with E-state index in [-0.39, 0.29) is 5.92 Å². The van der Waals surface area contributed by atoms with Crippen LogP contribution in [-0.4, -0.2) is 53.2 Å². The minimum Gasteiger partial charge on any atom is -0.465 e. The number of carbonyl (C=O) groups is 2. The van der Waals surface area contributed by atoms with Crippen molar-refractivity contribution in [3.63, 3.8) is 0 Å². The standard InChI is InChI=1S/C17H24N4O3/c22-16(13-4-2-1-3-5-13)21-10-8-20(9-11-21)15-7-6-14(12-18-15)19-17(23)24/h6-7,12-13,19H,1-5,8-11H2,(H,23,24). The van der Waals surface area contributed by atoms with Gasteiger partial charge in [-0.3, -0.25) is 10.1 Å². The van der Waals surface area contributed by atoms with Gasteiger partial charge in [-0.25, -0.2) is 9.78 Å². The van der Waals surface area contributed by atoms with Crippen molar-refractivity contribution in [2.45, 2.75) is 32.1 Å². The van der Waals surface area contributed by atoms with E-state index < -0.39 is 6.09 Å². The van der Waals surface area contributed by atoms with E-state index in [1.54, 1.807) is 6.07 Å². The van der Waals surface area contributed by atoms with Crippen molar-refractivity contribution in [1.82, 2.24) is 9.88 Å². The van der Waals surface area contributed by atoms with Gasteiger partial charge in [0.05, 0.1) is 11.9 Å². The average molecular weight is 332 g/mol. The maximum Gasteiger partial charge on any atom is 0.409 e. The van der Waals surface area contributed by atoms with Crippen LogP contribution in [0.25, 0.3) is 0 Å². The number of carbonyl (C=O) groups excluding carboxylic acids is 1. The van der Waals surface area contributed by atoms with Crippen LogP contribution in [0.4, 0.5) is 16.3 Å². The van der Waals surface area contributed by atoms with Crippen molar-refractivity contribution in [3.8, 4) is 0 Å². The first kappa shape index (κ1) is 16.5. The summed E-state index contributed by atoms with van der Waals surface area (Å²) < 4.78 is 0. The number of piperazine rings is 1. The summed E-state index contributed by atoms with van der Waals surface area (Å²) in [7, 11) is 0. The number of hydrogen-bond acceptors (Lipinski definition) is 4. The van der Waals surface area contributed by atoms with Gasteiger partial charge in [0.1, 0.15) is 5.82 Å². The largest absolute Gasteiger partial charge is 0.465 e. The lowest BCUT2D eigenvalue weighted by molar-refractivity contribution is -0.136. The number of anilines is 2. The monoisotopic (exact) mass is 332 g/mol. The molecule has 1 aromatic rings. The van der Waals surface area contributed by atoms with Crippen molar-refractivity contribution in [3.05, 3.63) is 18.3 Å². The molecule has 2 N–H and O–H groups in total. The van der Waals surface area contributed by atoms with Gasteiger partial charge >= 0.3 is 6.09 Å². The zero-order chi connectivity index (χ0) is 16.9. The van der Waals surface area contributed by atoms with Gasteiger partial charge in [-0.2, -0.15) is 0 Å². The molecule has 24 heavy (non-hydrogen) atoms. The molecule has 0 bridgehead atoms. The molecule has 0 unspecified atom stereocenters. The topological polar surface area (TPSA) is 85.8 Å². The van der Waals surface area contributed by atoms with Gasteiger partial charge in [-0.05, 0) is 25.0 Å². The highest BCUT2D eigenvalue weighted by molar-refractivity contribution is 5.82. The summed E-state index contributed by atoms with van der Waals surface area (Å²) in [5.74, 6) is 1.36. The summed E-state index contributed by atoms with van der Waals surface area (Å²) in [6, 6.07) is 3.51. The fourth-order valence-corrected chi connectivity index (χ4v) is 3.53. The number of pyridine rings is 1. The van der Waals surface area contributed by atoms with Crippen LogP contribution in [0.2, 0.25) is 0 Å². The van der Waals surface area contributed by atoms with Crippen LogP contribution in [0.5, 0.6) is 0 Å². The van der Waals surface area contributed by atoms with E-state index in [2.05, 4.69) is 15.2 Å². The quantitative estimate of drug-likeness (QED) is 0.888. The highest BCUT2D eigenvalue weighted by Gasteiger charge is 2.28. The second-order valence-electron chi connectivity index (χ2n) is 6.48. The number of nitrogens with zero attached hydrogens (tertiary/aromatic N) is 3. The van der Waals surface area contributed by atoms with Crippen LogP contribution in [0.1, 0.15) is 32.1 Å². The van der Waals surface area contributed by atoms with Crippen LogP contribution in [0, 0.1) is 5.92 Å². The highest BCUT2D eigenvalue weighted by Crippen LogP contribution is 2.26.